The van der Waals surface area contributed by atoms with Crippen LogP contribution in [0.25, 0.3) is 6.08 Å². The highest BCUT2D eigenvalue weighted by Gasteiger charge is 2.13. The highest BCUT2D eigenvalue weighted by atomic mass is 79.9. The summed E-state index contributed by atoms with van der Waals surface area (Å²) in [4.78, 5) is 12.4. The van der Waals surface area contributed by atoms with Gasteiger partial charge in [-0.15, -0.1) is 0 Å². The second-order valence-electron chi connectivity index (χ2n) is 5.46. The van der Waals surface area contributed by atoms with Gasteiger partial charge in [-0.05, 0) is 65.7 Å². The van der Waals surface area contributed by atoms with Crippen molar-refractivity contribution in [2.24, 2.45) is 0 Å². The summed E-state index contributed by atoms with van der Waals surface area (Å²) in [6.07, 6.45) is 1.51. The van der Waals surface area contributed by atoms with E-state index in [0.29, 0.717) is 33.8 Å². The van der Waals surface area contributed by atoms with E-state index in [2.05, 4.69) is 21.2 Å². The van der Waals surface area contributed by atoms with Gasteiger partial charge in [-0.3, -0.25) is 4.79 Å². The van der Waals surface area contributed by atoms with Gasteiger partial charge in [0.2, 0.25) is 0 Å². The monoisotopic (exact) mass is 414 g/mol. The van der Waals surface area contributed by atoms with E-state index < -0.39 is 5.91 Å². The Hall–Kier alpha value is -2.78. The second kappa shape index (κ2) is 9.07. The van der Waals surface area contributed by atoms with E-state index in [0.717, 1.165) is 5.56 Å². The molecule has 0 saturated heterocycles. The fourth-order valence-corrected chi connectivity index (χ4v) is 2.83. The van der Waals surface area contributed by atoms with Gasteiger partial charge in [0.05, 0.1) is 18.2 Å². The minimum Gasteiger partial charge on any atom is -0.493 e. The third-order valence-corrected chi connectivity index (χ3v) is 4.12. The van der Waals surface area contributed by atoms with Gasteiger partial charge in [0, 0.05) is 5.69 Å². The minimum absolute atomic E-state index is 0.0105. The number of hydrogen-bond acceptors (Lipinski definition) is 4. The molecule has 0 atom stereocenters. The van der Waals surface area contributed by atoms with Gasteiger partial charge < -0.3 is 14.8 Å². The summed E-state index contributed by atoms with van der Waals surface area (Å²) in [5, 5.41) is 12.1. The van der Waals surface area contributed by atoms with Gasteiger partial charge in [-0.1, -0.05) is 17.7 Å². The fourth-order valence-electron chi connectivity index (χ4n) is 2.26. The van der Waals surface area contributed by atoms with E-state index in [4.69, 9.17) is 9.47 Å². The van der Waals surface area contributed by atoms with E-state index in [1.165, 1.54) is 13.2 Å². The van der Waals surface area contributed by atoms with Gasteiger partial charge in [-0.25, -0.2) is 0 Å². The van der Waals surface area contributed by atoms with Gasteiger partial charge >= 0.3 is 0 Å². The maximum Gasteiger partial charge on any atom is 0.266 e. The van der Waals surface area contributed by atoms with E-state index in [1.54, 1.807) is 24.3 Å². The molecule has 6 heteroatoms. The normalized spacial score (nSPS) is 10.8. The van der Waals surface area contributed by atoms with Crippen LogP contribution in [0.4, 0.5) is 5.69 Å². The third-order valence-electron chi connectivity index (χ3n) is 3.53. The Morgan fingerprint density at radius 1 is 1.31 bits per heavy atom. The van der Waals surface area contributed by atoms with E-state index >= 15 is 0 Å². The molecule has 1 amide bonds. The van der Waals surface area contributed by atoms with E-state index in [1.807, 2.05) is 32.0 Å². The fraction of sp³-hybridized carbons (Fsp3) is 0.200. The van der Waals surface area contributed by atoms with Crippen LogP contribution in [0.2, 0.25) is 0 Å². The number of carbonyl (C=O) groups is 1. The lowest BCUT2D eigenvalue weighted by Gasteiger charge is -2.12. The quantitative estimate of drug-likeness (QED) is 0.548. The predicted molar refractivity (Wildman–Crippen MR) is 105 cm³/mol. The molecule has 0 aliphatic rings. The highest BCUT2D eigenvalue weighted by Crippen LogP contribution is 2.37. The topological polar surface area (TPSA) is 71.3 Å². The summed E-state index contributed by atoms with van der Waals surface area (Å²) < 4.78 is 11.6. The molecular formula is C20H19BrN2O3. The molecular weight excluding hydrogens is 396 g/mol. The molecule has 2 rings (SSSR count). The van der Waals surface area contributed by atoms with Crippen molar-refractivity contribution in [1.82, 2.24) is 0 Å². The maximum absolute atomic E-state index is 12.4. The van der Waals surface area contributed by atoms with Gasteiger partial charge in [0.15, 0.2) is 11.5 Å². The molecule has 2 aromatic rings. The van der Waals surface area contributed by atoms with Crippen molar-refractivity contribution in [3.05, 3.63) is 57.6 Å². The van der Waals surface area contributed by atoms with Crippen molar-refractivity contribution in [2.45, 2.75) is 13.8 Å². The number of amides is 1. The lowest BCUT2D eigenvalue weighted by atomic mass is 10.1. The lowest BCUT2D eigenvalue weighted by molar-refractivity contribution is -0.112. The zero-order valence-corrected chi connectivity index (χ0v) is 16.4. The number of halogens is 1. The molecule has 5 nitrogen and oxygen atoms in total. The number of hydrogen-bond donors (Lipinski definition) is 1. The lowest BCUT2D eigenvalue weighted by Crippen LogP contribution is -2.13. The SMILES string of the molecule is CCOc1c(Br)cc(/C=C(/C#N)C(=O)Nc2ccc(C)cc2)cc1OC. The second-order valence-corrected chi connectivity index (χ2v) is 6.31. The van der Waals surface area contributed by atoms with Crippen LogP contribution in [0.5, 0.6) is 11.5 Å². The first-order chi connectivity index (χ1) is 12.5. The summed E-state index contributed by atoms with van der Waals surface area (Å²) >= 11 is 3.43. The molecule has 1 N–H and O–H groups in total. The molecule has 134 valence electrons. The van der Waals surface area contributed by atoms with E-state index in [-0.39, 0.29) is 5.57 Å². The molecule has 2 aromatic carbocycles. The molecule has 0 heterocycles. The van der Waals surface area contributed by atoms with Crippen molar-refractivity contribution in [1.29, 1.82) is 5.26 Å². The smallest absolute Gasteiger partial charge is 0.266 e. The zero-order valence-electron chi connectivity index (χ0n) is 14.8. The number of anilines is 1. The van der Waals surface area contributed by atoms with E-state index in [9.17, 15) is 10.1 Å². The van der Waals surface area contributed by atoms with Crippen LogP contribution < -0.4 is 14.8 Å². The van der Waals surface area contributed by atoms with Crippen LogP contribution in [0, 0.1) is 18.3 Å². The molecule has 0 radical (unpaired) electrons. The average Bonchev–Trinajstić information content (AvgIpc) is 2.63. The first kappa shape index (κ1) is 19.5. The van der Waals surface area contributed by atoms with Crippen molar-refractivity contribution in [3.8, 4) is 17.6 Å². The van der Waals surface area contributed by atoms with Crippen LogP contribution in [-0.2, 0) is 4.79 Å². The van der Waals surface area contributed by atoms with Crippen molar-refractivity contribution in [2.75, 3.05) is 19.0 Å². The first-order valence-corrected chi connectivity index (χ1v) is 8.78. The Morgan fingerprint density at radius 2 is 2.00 bits per heavy atom. The Kier molecular flexibility index (Phi) is 6.81. The molecule has 0 aromatic heterocycles. The van der Waals surface area contributed by atoms with Gasteiger partial charge in [0.1, 0.15) is 11.6 Å². The first-order valence-electron chi connectivity index (χ1n) is 7.98. The zero-order chi connectivity index (χ0) is 19.1. The summed E-state index contributed by atoms with van der Waals surface area (Å²) in [6, 6.07) is 12.8. The largest absolute Gasteiger partial charge is 0.493 e. The Balaban J connectivity index is 2.30. The molecule has 0 bridgehead atoms. The standard InChI is InChI=1S/C20H19BrN2O3/c1-4-26-19-17(21)10-14(11-18(19)25-3)9-15(12-22)20(24)23-16-7-5-13(2)6-8-16/h5-11H,4H2,1-3H3,(H,23,24)/b15-9-. The number of methoxy groups -OCH3 is 1. The molecule has 0 aliphatic heterocycles. The van der Waals surface area contributed by atoms with Gasteiger partial charge in [-0.2, -0.15) is 5.26 Å². The summed E-state index contributed by atoms with van der Waals surface area (Å²) in [5.41, 5.74) is 2.36. The number of aryl methyl sites for hydroxylation is 1. The maximum atomic E-state index is 12.4. The molecule has 26 heavy (non-hydrogen) atoms. The Bertz CT molecular complexity index is 868. The van der Waals surface area contributed by atoms with Crippen LogP contribution in [-0.4, -0.2) is 19.6 Å². The Morgan fingerprint density at radius 3 is 2.58 bits per heavy atom. The van der Waals surface area contributed by atoms with Gasteiger partial charge in [0.25, 0.3) is 5.91 Å². The number of rotatable bonds is 6. The molecule has 0 aliphatic carbocycles. The van der Waals surface area contributed by atoms with Crippen LogP contribution >= 0.6 is 15.9 Å². The number of nitrogens with zero attached hydrogens (tertiary/aromatic N) is 1. The number of ether oxygens (including phenoxy) is 2. The average molecular weight is 415 g/mol. The molecule has 0 spiro atoms. The van der Waals surface area contributed by atoms with Crippen LogP contribution in [0.3, 0.4) is 0 Å². The number of benzene rings is 2. The number of nitriles is 1. The summed E-state index contributed by atoms with van der Waals surface area (Å²) in [5.74, 6) is 0.624. The van der Waals surface area contributed by atoms with Crippen molar-refractivity contribution in [3.63, 3.8) is 0 Å². The molecule has 0 saturated carbocycles. The summed E-state index contributed by atoms with van der Waals surface area (Å²) in [6.45, 7) is 4.33. The van der Waals surface area contributed by atoms with Crippen LogP contribution in [0.1, 0.15) is 18.1 Å². The Labute approximate surface area is 161 Å². The van der Waals surface area contributed by atoms with Crippen LogP contribution in [0.15, 0.2) is 46.4 Å². The third kappa shape index (κ3) is 4.87. The molecule has 0 fully saturated rings. The van der Waals surface area contributed by atoms with Crippen molar-refractivity contribution >= 4 is 33.6 Å². The number of carbonyl (C=O) groups excluding carboxylic acids is 1. The summed E-state index contributed by atoms with van der Waals surface area (Å²) in [7, 11) is 1.53. The van der Waals surface area contributed by atoms with Crippen molar-refractivity contribution < 1.29 is 14.3 Å². The predicted octanol–water partition coefficient (Wildman–Crippen LogP) is 4.71. The minimum atomic E-state index is -0.472. The number of nitrogens with one attached hydrogen (secondary N) is 1. The molecule has 0 unspecified atom stereocenters. The highest BCUT2D eigenvalue weighted by molar-refractivity contribution is 9.10.